The zero-order valence-electron chi connectivity index (χ0n) is 11.6. The van der Waals surface area contributed by atoms with Crippen molar-refractivity contribution in [1.82, 2.24) is 0 Å². The van der Waals surface area contributed by atoms with Gasteiger partial charge in [0.15, 0.2) is 5.78 Å². The highest BCUT2D eigenvalue weighted by Crippen LogP contribution is 2.16. The lowest BCUT2D eigenvalue weighted by atomic mass is 9.98. The molecule has 0 bridgehead atoms. The number of benzene rings is 2. The van der Waals surface area contributed by atoms with Crippen molar-refractivity contribution in [3.8, 4) is 0 Å². The van der Waals surface area contributed by atoms with Crippen molar-refractivity contribution in [2.45, 2.75) is 20.8 Å². The molecule has 0 saturated carbocycles. The Labute approximate surface area is 114 Å². The number of hydrogen-bond donors (Lipinski definition) is 0. The van der Waals surface area contributed by atoms with Crippen LogP contribution < -0.4 is 0 Å². The fraction of sp³-hybridized carbons (Fsp3) is 0.167. The summed E-state index contributed by atoms with van der Waals surface area (Å²) in [6.45, 7) is 6.17. The average molecular weight is 250 g/mol. The van der Waals surface area contributed by atoms with Crippen molar-refractivity contribution in [3.05, 3.63) is 76.4 Å². The smallest absolute Gasteiger partial charge is 0.185 e. The maximum atomic E-state index is 12.1. The second-order valence-corrected chi connectivity index (χ2v) is 4.84. The monoisotopic (exact) mass is 250 g/mol. The van der Waals surface area contributed by atoms with Gasteiger partial charge in [0.25, 0.3) is 0 Å². The summed E-state index contributed by atoms with van der Waals surface area (Å²) in [4.78, 5) is 12.1. The molecule has 1 heteroatoms. The topological polar surface area (TPSA) is 17.1 Å². The molecule has 2 aromatic rings. The molecular formula is C18H18O. The van der Waals surface area contributed by atoms with Crippen LogP contribution in [0, 0.1) is 20.8 Å². The van der Waals surface area contributed by atoms with Gasteiger partial charge >= 0.3 is 0 Å². The summed E-state index contributed by atoms with van der Waals surface area (Å²) >= 11 is 0. The van der Waals surface area contributed by atoms with Crippen molar-refractivity contribution >= 4 is 11.9 Å². The highest BCUT2D eigenvalue weighted by molar-refractivity contribution is 6.07. The molecule has 0 aliphatic carbocycles. The van der Waals surface area contributed by atoms with Crippen LogP contribution in [0.15, 0.2) is 48.5 Å². The lowest BCUT2D eigenvalue weighted by molar-refractivity contribution is 0.104. The molecule has 0 spiro atoms. The summed E-state index contributed by atoms with van der Waals surface area (Å²) < 4.78 is 0. The second kappa shape index (κ2) is 5.66. The molecule has 0 fully saturated rings. The van der Waals surface area contributed by atoms with Gasteiger partial charge in [-0.25, -0.2) is 0 Å². The lowest BCUT2D eigenvalue weighted by Gasteiger charge is -2.06. The summed E-state index contributed by atoms with van der Waals surface area (Å²) in [6, 6.07) is 13.8. The highest BCUT2D eigenvalue weighted by atomic mass is 16.1. The van der Waals surface area contributed by atoms with E-state index >= 15 is 0 Å². The van der Waals surface area contributed by atoms with Gasteiger partial charge in [-0.1, -0.05) is 36.4 Å². The molecule has 0 amide bonds. The van der Waals surface area contributed by atoms with Gasteiger partial charge in [-0.05, 0) is 61.2 Å². The number of rotatable bonds is 3. The van der Waals surface area contributed by atoms with E-state index in [1.54, 1.807) is 6.08 Å². The van der Waals surface area contributed by atoms with Gasteiger partial charge in [0.1, 0.15) is 0 Å². The molecule has 0 heterocycles. The third-order valence-corrected chi connectivity index (χ3v) is 3.44. The third kappa shape index (κ3) is 3.19. The van der Waals surface area contributed by atoms with E-state index in [4.69, 9.17) is 0 Å². The van der Waals surface area contributed by atoms with Crippen LogP contribution in [0.2, 0.25) is 0 Å². The predicted molar refractivity (Wildman–Crippen MR) is 80.5 cm³/mol. The molecule has 2 rings (SSSR count). The van der Waals surface area contributed by atoms with Crippen LogP contribution in [-0.2, 0) is 0 Å². The van der Waals surface area contributed by atoms with E-state index in [1.807, 2.05) is 62.4 Å². The van der Waals surface area contributed by atoms with Crippen LogP contribution in [0.25, 0.3) is 6.08 Å². The Morgan fingerprint density at radius 2 is 1.53 bits per heavy atom. The van der Waals surface area contributed by atoms with Gasteiger partial charge in [-0.2, -0.15) is 0 Å². The summed E-state index contributed by atoms with van der Waals surface area (Å²) in [5.41, 5.74) is 5.38. The van der Waals surface area contributed by atoms with Gasteiger partial charge in [0, 0.05) is 5.56 Å². The van der Waals surface area contributed by atoms with E-state index in [2.05, 4.69) is 6.92 Å². The largest absolute Gasteiger partial charge is 0.289 e. The molecule has 0 saturated heterocycles. The SMILES string of the molecule is Cc1cc(C(=O)/C=C/c2ccccc2)cc(C)c1C. The minimum Gasteiger partial charge on any atom is -0.289 e. The molecule has 0 atom stereocenters. The Balaban J connectivity index is 2.24. The maximum Gasteiger partial charge on any atom is 0.185 e. The van der Waals surface area contributed by atoms with Crippen molar-refractivity contribution in [2.75, 3.05) is 0 Å². The first-order valence-electron chi connectivity index (χ1n) is 6.43. The van der Waals surface area contributed by atoms with Crippen molar-refractivity contribution in [3.63, 3.8) is 0 Å². The van der Waals surface area contributed by atoms with Crippen LogP contribution in [0.4, 0.5) is 0 Å². The number of allylic oxidation sites excluding steroid dienone is 1. The quantitative estimate of drug-likeness (QED) is 0.578. The summed E-state index contributed by atoms with van der Waals surface area (Å²) in [5.74, 6) is 0.0510. The molecule has 19 heavy (non-hydrogen) atoms. The van der Waals surface area contributed by atoms with Crippen molar-refractivity contribution < 1.29 is 4.79 Å². The van der Waals surface area contributed by atoms with Crippen molar-refractivity contribution in [1.29, 1.82) is 0 Å². The Morgan fingerprint density at radius 1 is 0.947 bits per heavy atom. The molecular weight excluding hydrogens is 232 g/mol. The Kier molecular flexibility index (Phi) is 3.96. The van der Waals surface area contributed by atoms with Gasteiger partial charge in [0.05, 0.1) is 0 Å². The predicted octanol–water partition coefficient (Wildman–Crippen LogP) is 4.51. The van der Waals surface area contributed by atoms with Crippen LogP contribution in [0.3, 0.4) is 0 Å². The van der Waals surface area contributed by atoms with Gasteiger partial charge in [-0.3, -0.25) is 4.79 Å². The molecule has 0 aromatic heterocycles. The average Bonchev–Trinajstić information content (AvgIpc) is 2.42. The van der Waals surface area contributed by atoms with Gasteiger partial charge < -0.3 is 0 Å². The molecule has 2 aromatic carbocycles. The zero-order chi connectivity index (χ0) is 13.8. The maximum absolute atomic E-state index is 12.1. The molecule has 0 aliphatic heterocycles. The Morgan fingerprint density at radius 3 is 2.11 bits per heavy atom. The number of hydrogen-bond acceptors (Lipinski definition) is 1. The summed E-state index contributed by atoms with van der Waals surface area (Å²) in [7, 11) is 0. The molecule has 0 N–H and O–H groups in total. The molecule has 1 nitrogen and oxygen atoms in total. The first-order chi connectivity index (χ1) is 9.08. The standard InChI is InChI=1S/C18H18O/c1-13-11-17(12-14(2)15(13)3)18(19)10-9-16-7-5-4-6-8-16/h4-12H,1-3H3/b10-9+. The summed E-state index contributed by atoms with van der Waals surface area (Å²) in [6.07, 6.45) is 3.49. The Bertz CT molecular complexity index is 598. The molecule has 96 valence electrons. The number of aryl methyl sites for hydroxylation is 2. The molecule has 0 radical (unpaired) electrons. The van der Waals surface area contributed by atoms with E-state index in [9.17, 15) is 4.79 Å². The normalized spacial score (nSPS) is 10.9. The lowest BCUT2D eigenvalue weighted by Crippen LogP contribution is -1.98. The van der Waals surface area contributed by atoms with Gasteiger partial charge in [-0.15, -0.1) is 0 Å². The third-order valence-electron chi connectivity index (χ3n) is 3.44. The highest BCUT2D eigenvalue weighted by Gasteiger charge is 2.06. The van der Waals surface area contributed by atoms with E-state index in [0.717, 1.165) is 22.3 Å². The summed E-state index contributed by atoms with van der Waals surface area (Å²) in [5, 5.41) is 0. The number of carbonyl (C=O) groups is 1. The molecule has 0 aliphatic rings. The fourth-order valence-electron chi connectivity index (χ4n) is 2.01. The van der Waals surface area contributed by atoms with E-state index in [0.29, 0.717) is 0 Å². The fourth-order valence-corrected chi connectivity index (χ4v) is 2.01. The van der Waals surface area contributed by atoms with Crippen LogP contribution >= 0.6 is 0 Å². The van der Waals surface area contributed by atoms with Gasteiger partial charge in [0.2, 0.25) is 0 Å². The Hall–Kier alpha value is -2.15. The first-order valence-corrected chi connectivity index (χ1v) is 6.43. The zero-order valence-corrected chi connectivity index (χ0v) is 11.6. The van der Waals surface area contributed by atoms with E-state index in [-0.39, 0.29) is 5.78 Å². The van der Waals surface area contributed by atoms with Crippen molar-refractivity contribution in [2.24, 2.45) is 0 Å². The van der Waals surface area contributed by atoms with Crippen LogP contribution in [0.1, 0.15) is 32.6 Å². The number of carbonyl (C=O) groups excluding carboxylic acids is 1. The first kappa shape index (κ1) is 13.3. The number of ketones is 1. The minimum atomic E-state index is 0.0510. The minimum absolute atomic E-state index is 0.0510. The van der Waals surface area contributed by atoms with Crippen LogP contribution in [0.5, 0.6) is 0 Å². The van der Waals surface area contributed by atoms with E-state index < -0.39 is 0 Å². The molecule has 0 unspecified atom stereocenters. The van der Waals surface area contributed by atoms with Crippen LogP contribution in [-0.4, -0.2) is 5.78 Å². The second-order valence-electron chi connectivity index (χ2n) is 4.84. The van der Waals surface area contributed by atoms with E-state index in [1.165, 1.54) is 5.56 Å².